The number of halogens is 2. The smallest absolute Gasteiger partial charge is 0.253 e. The summed E-state index contributed by atoms with van der Waals surface area (Å²) in [5.74, 6) is -2.23. The Kier molecular flexibility index (Phi) is 5.44. The predicted molar refractivity (Wildman–Crippen MR) is 99.5 cm³/mol. The van der Waals surface area contributed by atoms with E-state index in [0.29, 0.717) is 11.6 Å². The third-order valence-electron chi connectivity index (χ3n) is 4.13. The number of phenols is 1. The van der Waals surface area contributed by atoms with E-state index in [0.717, 1.165) is 5.56 Å². The Balaban J connectivity index is 1.74. The molecule has 0 radical (unpaired) electrons. The van der Waals surface area contributed by atoms with Gasteiger partial charge in [-0.3, -0.25) is 9.59 Å². The molecule has 2 aromatic carbocycles. The van der Waals surface area contributed by atoms with Gasteiger partial charge in [0, 0.05) is 23.0 Å². The van der Waals surface area contributed by atoms with Crippen molar-refractivity contribution in [3.05, 3.63) is 63.6 Å². The molecule has 1 heterocycles. The van der Waals surface area contributed by atoms with Crippen molar-refractivity contribution in [1.29, 1.82) is 0 Å². The van der Waals surface area contributed by atoms with Gasteiger partial charge in [0.05, 0.1) is 11.2 Å². The molecule has 0 spiro atoms. The zero-order valence-electron chi connectivity index (χ0n) is 13.4. The van der Waals surface area contributed by atoms with Crippen molar-refractivity contribution in [2.45, 2.75) is 5.92 Å². The number of hydrogen-bond acceptors (Lipinski definition) is 4. The summed E-state index contributed by atoms with van der Waals surface area (Å²) < 4.78 is 0. The first-order chi connectivity index (χ1) is 12.5. The highest BCUT2D eigenvalue weighted by Gasteiger charge is 2.40. The maximum atomic E-state index is 12.4. The molecule has 0 unspecified atom stereocenters. The largest absolute Gasteiger partial charge is 0.506 e. The van der Waals surface area contributed by atoms with E-state index in [4.69, 9.17) is 23.2 Å². The lowest BCUT2D eigenvalue weighted by Crippen LogP contribution is -2.34. The average Bonchev–Trinajstić information content (AvgIpc) is 3.01. The third kappa shape index (κ3) is 3.81. The third-order valence-corrected chi connectivity index (χ3v) is 4.63. The first kappa shape index (κ1) is 18.2. The quantitative estimate of drug-likeness (QED) is 0.425. The second kappa shape index (κ2) is 7.76. The van der Waals surface area contributed by atoms with Crippen LogP contribution < -0.4 is 10.7 Å². The van der Waals surface area contributed by atoms with Gasteiger partial charge in [0.25, 0.3) is 5.91 Å². The summed E-state index contributed by atoms with van der Waals surface area (Å²) in [5.41, 5.74) is 3.49. The summed E-state index contributed by atoms with van der Waals surface area (Å²) in [5, 5.41) is 16.8. The van der Waals surface area contributed by atoms with Crippen LogP contribution in [-0.4, -0.2) is 29.7 Å². The molecule has 134 valence electrons. The summed E-state index contributed by atoms with van der Waals surface area (Å²) in [6.45, 7) is 0.384. The molecule has 0 aliphatic carbocycles. The first-order valence-corrected chi connectivity index (χ1v) is 8.56. The van der Waals surface area contributed by atoms with E-state index < -0.39 is 11.8 Å². The first-order valence-electron chi connectivity index (χ1n) is 7.81. The van der Waals surface area contributed by atoms with Crippen molar-refractivity contribution in [3.63, 3.8) is 0 Å². The Bertz CT molecular complexity index is 871. The van der Waals surface area contributed by atoms with Crippen LogP contribution in [0.25, 0.3) is 0 Å². The highest BCUT2D eigenvalue weighted by molar-refractivity contribution is 6.36. The Morgan fingerprint density at radius 2 is 2.00 bits per heavy atom. The van der Waals surface area contributed by atoms with Gasteiger partial charge in [0.15, 0.2) is 0 Å². The van der Waals surface area contributed by atoms with Gasteiger partial charge in [0.1, 0.15) is 11.7 Å². The van der Waals surface area contributed by atoms with Gasteiger partial charge in [-0.05, 0) is 17.7 Å². The number of amides is 2. The van der Waals surface area contributed by atoms with E-state index in [1.54, 1.807) is 0 Å². The Morgan fingerprint density at radius 1 is 1.27 bits per heavy atom. The molecule has 0 bridgehead atoms. The van der Waals surface area contributed by atoms with Crippen LogP contribution >= 0.6 is 23.2 Å². The minimum Gasteiger partial charge on any atom is -0.506 e. The standard InChI is InChI=1S/C18H15Cl2N3O3/c19-12-6-11(16(24)14(20)7-12)8-22-23-18(26)15-13(9-21-17(15)25)10-4-2-1-3-5-10/h1-8,13,15,24H,9H2,(H,21,25)(H,23,26)/t13-,15+/m1/s1. The molecule has 1 saturated heterocycles. The molecule has 1 aliphatic heterocycles. The Hall–Kier alpha value is -2.57. The van der Waals surface area contributed by atoms with Gasteiger partial charge in [0.2, 0.25) is 5.91 Å². The zero-order valence-corrected chi connectivity index (χ0v) is 15.0. The number of hydrazone groups is 1. The van der Waals surface area contributed by atoms with Crippen molar-refractivity contribution in [3.8, 4) is 5.75 Å². The maximum absolute atomic E-state index is 12.4. The van der Waals surface area contributed by atoms with Gasteiger partial charge in [-0.15, -0.1) is 0 Å². The number of rotatable bonds is 4. The van der Waals surface area contributed by atoms with Gasteiger partial charge in [-0.2, -0.15) is 5.10 Å². The van der Waals surface area contributed by atoms with E-state index >= 15 is 0 Å². The van der Waals surface area contributed by atoms with E-state index in [1.165, 1.54) is 18.3 Å². The number of carbonyl (C=O) groups is 2. The van der Waals surface area contributed by atoms with Crippen molar-refractivity contribution < 1.29 is 14.7 Å². The number of benzene rings is 2. The lowest BCUT2D eigenvalue weighted by atomic mass is 9.88. The number of aromatic hydroxyl groups is 1. The summed E-state index contributed by atoms with van der Waals surface area (Å²) >= 11 is 11.7. The highest BCUT2D eigenvalue weighted by Crippen LogP contribution is 2.30. The minimum absolute atomic E-state index is 0.0737. The van der Waals surface area contributed by atoms with Crippen molar-refractivity contribution in [2.75, 3.05) is 6.54 Å². The number of nitrogens with one attached hydrogen (secondary N) is 2. The van der Waals surface area contributed by atoms with Gasteiger partial charge in [-0.1, -0.05) is 53.5 Å². The monoisotopic (exact) mass is 391 g/mol. The number of phenolic OH excluding ortho intramolecular Hbond substituents is 1. The van der Waals surface area contributed by atoms with E-state index in [-0.39, 0.29) is 28.2 Å². The van der Waals surface area contributed by atoms with Gasteiger partial charge < -0.3 is 10.4 Å². The van der Waals surface area contributed by atoms with Crippen LogP contribution in [0.3, 0.4) is 0 Å². The van der Waals surface area contributed by atoms with Crippen molar-refractivity contribution in [1.82, 2.24) is 10.7 Å². The molecule has 6 nitrogen and oxygen atoms in total. The molecule has 3 rings (SSSR count). The predicted octanol–water partition coefficient (Wildman–Crippen LogP) is 2.68. The molecule has 8 heteroatoms. The number of nitrogens with zero attached hydrogens (tertiary/aromatic N) is 1. The molecule has 2 atom stereocenters. The summed E-state index contributed by atoms with van der Waals surface area (Å²) in [4.78, 5) is 24.5. The van der Waals surface area contributed by atoms with Crippen LogP contribution in [0.15, 0.2) is 47.6 Å². The summed E-state index contributed by atoms with van der Waals surface area (Å²) in [7, 11) is 0. The minimum atomic E-state index is -0.883. The van der Waals surface area contributed by atoms with Crippen LogP contribution in [0.2, 0.25) is 10.0 Å². The molecule has 26 heavy (non-hydrogen) atoms. The van der Waals surface area contributed by atoms with Gasteiger partial charge in [-0.25, -0.2) is 5.43 Å². The fraction of sp³-hybridized carbons (Fsp3) is 0.167. The molecular formula is C18H15Cl2N3O3. The van der Waals surface area contributed by atoms with Gasteiger partial charge >= 0.3 is 0 Å². The molecular weight excluding hydrogens is 377 g/mol. The molecule has 1 aliphatic rings. The number of hydrogen-bond donors (Lipinski definition) is 3. The Morgan fingerprint density at radius 3 is 2.73 bits per heavy atom. The van der Waals surface area contributed by atoms with Crippen molar-refractivity contribution in [2.24, 2.45) is 11.0 Å². The molecule has 0 saturated carbocycles. The van der Waals surface area contributed by atoms with Crippen LogP contribution in [-0.2, 0) is 9.59 Å². The van der Waals surface area contributed by atoms with Crippen LogP contribution in [0.1, 0.15) is 17.0 Å². The lowest BCUT2D eigenvalue weighted by molar-refractivity contribution is -0.133. The van der Waals surface area contributed by atoms with E-state index in [2.05, 4.69) is 15.8 Å². The van der Waals surface area contributed by atoms with Crippen LogP contribution in [0.4, 0.5) is 0 Å². The number of carbonyl (C=O) groups excluding carboxylic acids is 2. The molecule has 2 aromatic rings. The Labute approximate surface area is 159 Å². The summed E-state index contributed by atoms with van der Waals surface area (Å²) in [6, 6.07) is 12.2. The molecule has 2 amide bonds. The molecule has 3 N–H and O–H groups in total. The van der Waals surface area contributed by atoms with Crippen LogP contribution in [0, 0.1) is 5.92 Å². The van der Waals surface area contributed by atoms with E-state index in [9.17, 15) is 14.7 Å². The fourth-order valence-electron chi connectivity index (χ4n) is 2.85. The average molecular weight is 392 g/mol. The molecule has 0 aromatic heterocycles. The van der Waals surface area contributed by atoms with E-state index in [1.807, 2.05) is 30.3 Å². The zero-order chi connectivity index (χ0) is 18.7. The maximum Gasteiger partial charge on any atom is 0.253 e. The topological polar surface area (TPSA) is 90.8 Å². The second-order valence-electron chi connectivity index (χ2n) is 5.80. The highest BCUT2D eigenvalue weighted by atomic mass is 35.5. The molecule has 1 fully saturated rings. The lowest BCUT2D eigenvalue weighted by Gasteiger charge is -2.15. The fourth-order valence-corrected chi connectivity index (χ4v) is 3.36. The van der Waals surface area contributed by atoms with Crippen LogP contribution in [0.5, 0.6) is 5.75 Å². The second-order valence-corrected chi connectivity index (χ2v) is 6.64. The van der Waals surface area contributed by atoms with Crippen molar-refractivity contribution >= 4 is 41.2 Å². The SMILES string of the molecule is O=C1NC[C@H](c2ccccc2)[C@@H]1C(=O)NN=Cc1cc(Cl)cc(Cl)c1O. The summed E-state index contributed by atoms with van der Waals surface area (Å²) in [6.07, 6.45) is 1.22. The normalized spacial score (nSPS) is 19.5.